The molecule has 82 valence electrons. The number of rotatable bonds is 1. The summed E-state index contributed by atoms with van der Waals surface area (Å²) in [6.07, 6.45) is 0. The Morgan fingerprint density at radius 3 is 1.82 bits per heavy atom. The third-order valence-corrected chi connectivity index (χ3v) is 3.49. The molecule has 1 N–H and O–H groups in total. The van der Waals surface area contributed by atoms with Crippen LogP contribution in [0.4, 0.5) is 0 Å². The van der Waals surface area contributed by atoms with E-state index in [0.29, 0.717) is 0 Å². The molecular weight excluding hydrogens is 210 g/mol. The van der Waals surface area contributed by atoms with E-state index >= 15 is 0 Å². The van der Waals surface area contributed by atoms with Gasteiger partial charge in [0, 0.05) is 0 Å². The van der Waals surface area contributed by atoms with Gasteiger partial charge in [-0.2, -0.15) is 5.26 Å². The van der Waals surface area contributed by atoms with Crippen molar-refractivity contribution in [2.24, 2.45) is 0 Å². The maximum atomic E-state index is 9.69. The summed E-state index contributed by atoms with van der Waals surface area (Å²) >= 11 is 0. The highest BCUT2D eigenvalue weighted by Gasteiger charge is 2.42. The second-order valence-corrected chi connectivity index (χ2v) is 4.27. The smallest absolute Gasteiger partial charge is 0.131 e. The number of hydrogen-bond donors (Lipinski definition) is 1. The van der Waals surface area contributed by atoms with Crippen molar-refractivity contribution >= 4 is 0 Å². The van der Waals surface area contributed by atoms with Crippen LogP contribution in [0.1, 0.15) is 11.1 Å². The van der Waals surface area contributed by atoms with Crippen LogP contribution in [0.15, 0.2) is 48.5 Å². The largest absolute Gasteiger partial charge is 0.394 e. The number of aliphatic hydroxyl groups is 1. The molecule has 0 atom stereocenters. The molecule has 0 heterocycles. The lowest BCUT2D eigenvalue weighted by Gasteiger charge is -2.20. The van der Waals surface area contributed by atoms with E-state index in [9.17, 15) is 10.4 Å². The van der Waals surface area contributed by atoms with Gasteiger partial charge in [0.1, 0.15) is 5.41 Å². The molecule has 2 heteroatoms. The Morgan fingerprint density at radius 2 is 1.41 bits per heavy atom. The van der Waals surface area contributed by atoms with E-state index in [4.69, 9.17) is 0 Å². The highest BCUT2D eigenvalue weighted by molar-refractivity contribution is 5.82. The lowest BCUT2D eigenvalue weighted by molar-refractivity contribution is 0.253. The third kappa shape index (κ3) is 1.12. The van der Waals surface area contributed by atoms with Crippen molar-refractivity contribution in [1.82, 2.24) is 0 Å². The van der Waals surface area contributed by atoms with Gasteiger partial charge >= 0.3 is 0 Å². The van der Waals surface area contributed by atoms with E-state index in [1.165, 1.54) is 0 Å². The van der Waals surface area contributed by atoms with Crippen LogP contribution < -0.4 is 0 Å². The molecule has 0 radical (unpaired) electrons. The second-order valence-electron chi connectivity index (χ2n) is 4.27. The van der Waals surface area contributed by atoms with Crippen molar-refractivity contribution in [2.75, 3.05) is 6.61 Å². The zero-order valence-electron chi connectivity index (χ0n) is 9.22. The molecule has 3 rings (SSSR count). The van der Waals surface area contributed by atoms with Crippen molar-refractivity contribution in [3.63, 3.8) is 0 Å². The van der Waals surface area contributed by atoms with Crippen molar-refractivity contribution in [3.8, 4) is 17.2 Å². The maximum Gasteiger partial charge on any atom is 0.131 e. The van der Waals surface area contributed by atoms with Gasteiger partial charge in [-0.1, -0.05) is 48.5 Å². The summed E-state index contributed by atoms with van der Waals surface area (Å²) in [7, 11) is 0. The number of nitriles is 1. The highest BCUT2D eigenvalue weighted by Crippen LogP contribution is 2.48. The Balaban J connectivity index is 2.43. The fraction of sp³-hybridized carbons (Fsp3) is 0.133. The summed E-state index contributed by atoms with van der Waals surface area (Å²) in [5.74, 6) is 0. The molecule has 0 fully saturated rings. The fourth-order valence-corrected chi connectivity index (χ4v) is 2.65. The average Bonchev–Trinajstić information content (AvgIpc) is 2.70. The molecule has 0 aromatic heterocycles. The minimum atomic E-state index is -0.896. The van der Waals surface area contributed by atoms with Crippen molar-refractivity contribution in [1.29, 1.82) is 5.26 Å². The second kappa shape index (κ2) is 3.44. The van der Waals surface area contributed by atoms with Gasteiger partial charge in [-0.3, -0.25) is 0 Å². The van der Waals surface area contributed by atoms with Crippen LogP contribution in [0.5, 0.6) is 0 Å². The molecule has 2 aromatic carbocycles. The number of hydrogen-bond acceptors (Lipinski definition) is 2. The Kier molecular flexibility index (Phi) is 2.04. The molecule has 0 aliphatic heterocycles. The topological polar surface area (TPSA) is 44.0 Å². The summed E-state index contributed by atoms with van der Waals surface area (Å²) in [4.78, 5) is 0. The molecule has 0 unspecified atom stereocenters. The standard InChI is InChI=1S/C15H11NO/c16-9-15(10-17)13-7-3-1-5-11(13)12-6-2-4-8-14(12)15/h1-8,17H,10H2. The number of fused-ring (bicyclic) bond motifs is 3. The predicted molar refractivity (Wildman–Crippen MR) is 65.4 cm³/mol. The average molecular weight is 221 g/mol. The van der Waals surface area contributed by atoms with Crippen LogP contribution >= 0.6 is 0 Å². The Morgan fingerprint density at radius 1 is 0.941 bits per heavy atom. The molecule has 2 nitrogen and oxygen atoms in total. The molecule has 0 bridgehead atoms. The fourth-order valence-electron chi connectivity index (χ4n) is 2.65. The van der Waals surface area contributed by atoms with Gasteiger partial charge in [-0.05, 0) is 22.3 Å². The first-order valence-electron chi connectivity index (χ1n) is 5.55. The van der Waals surface area contributed by atoms with Crippen molar-refractivity contribution in [3.05, 3.63) is 59.7 Å². The van der Waals surface area contributed by atoms with E-state index in [1.807, 2.05) is 48.5 Å². The van der Waals surface area contributed by atoms with Gasteiger partial charge in [0.15, 0.2) is 0 Å². The third-order valence-electron chi connectivity index (χ3n) is 3.49. The zero-order chi connectivity index (χ0) is 11.9. The van der Waals surface area contributed by atoms with Crippen LogP contribution in [-0.2, 0) is 5.41 Å². The van der Waals surface area contributed by atoms with Crippen LogP contribution in [0.25, 0.3) is 11.1 Å². The summed E-state index contributed by atoms with van der Waals surface area (Å²) in [6.45, 7) is -0.183. The van der Waals surface area contributed by atoms with Gasteiger partial charge in [-0.15, -0.1) is 0 Å². The molecule has 1 aliphatic rings. The number of nitrogens with zero attached hydrogens (tertiary/aromatic N) is 1. The molecule has 17 heavy (non-hydrogen) atoms. The molecule has 0 saturated heterocycles. The van der Waals surface area contributed by atoms with Crippen LogP contribution in [0, 0.1) is 11.3 Å². The van der Waals surface area contributed by atoms with Gasteiger partial charge < -0.3 is 5.11 Å². The Labute approximate surface area is 99.8 Å². The van der Waals surface area contributed by atoms with Gasteiger partial charge in [-0.25, -0.2) is 0 Å². The molecule has 2 aromatic rings. The minimum absolute atomic E-state index is 0.183. The van der Waals surface area contributed by atoms with E-state index < -0.39 is 5.41 Å². The lowest BCUT2D eigenvalue weighted by atomic mass is 9.80. The van der Waals surface area contributed by atoms with Gasteiger partial charge in [0.2, 0.25) is 0 Å². The van der Waals surface area contributed by atoms with Crippen LogP contribution in [0.3, 0.4) is 0 Å². The molecule has 0 spiro atoms. The van der Waals surface area contributed by atoms with Crippen molar-refractivity contribution < 1.29 is 5.11 Å². The first kappa shape index (κ1) is 10.1. The summed E-state index contributed by atoms with van der Waals surface area (Å²) in [5, 5.41) is 19.2. The highest BCUT2D eigenvalue weighted by atomic mass is 16.3. The van der Waals surface area contributed by atoms with E-state index in [-0.39, 0.29) is 6.61 Å². The molecule has 0 amide bonds. The number of benzene rings is 2. The Hall–Kier alpha value is -2.11. The quantitative estimate of drug-likeness (QED) is 0.803. The lowest BCUT2D eigenvalue weighted by Crippen LogP contribution is -2.27. The van der Waals surface area contributed by atoms with Gasteiger partial charge in [0.05, 0.1) is 12.7 Å². The summed E-state index contributed by atoms with van der Waals surface area (Å²) in [6, 6.07) is 17.9. The van der Waals surface area contributed by atoms with Crippen LogP contribution in [-0.4, -0.2) is 11.7 Å². The first-order valence-corrected chi connectivity index (χ1v) is 5.55. The van der Waals surface area contributed by atoms with Gasteiger partial charge in [0.25, 0.3) is 0 Å². The molecule has 1 aliphatic carbocycles. The van der Waals surface area contributed by atoms with E-state index in [0.717, 1.165) is 22.3 Å². The maximum absolute atomic E-state index is 9.69. The molecular formula is C15H11NO. The summed E-state index contributed by atoms with van der Waals surface area (Å²) < 4.78 is 0. The normalized spacial score (nSPS) is 14.8. The summed E-state index contributed by atoms with van der Waals surface area (Å²) in [5.41, 5.74) is 3.03. The van der Waals surface area contributed by atoms with E-state index in [2.05, 4.69) is 6.07 Å². The first-order chi connectivity index (χ1) is 8.33. The van der Waals surface area contributed by atoms with Crippen LogP contribution in [0.2, 0.25) is 0 Å². The Bertz CT molecular complexity index is 579. The SMILES string of the molecule is N#CC1(CO)c2ccccc2-c2ccccc21. The monoisotopic (exact) mass is 221 g/mol. The number of aliphatic hydroxyl groups excluding tert-OH is 1. The van der Waals surface area contributed by atoms with Crippen molar-refractivity contribution in [2.45, 2.75) is 5.41 Å². The van der Waals surface area contributed by atoms with E-state index in [1.54, 1.807) is 0 Å². The zero-order valence-corrected chi connectivity index (χ0v) is 9.22. The minimum Gasteiger partial charge on any atom is -0.394 e. The molecule has 0 saturated carbocycles. The predicted octanol–water partition coefficient (Wildman–Crippen LogP) is 2.47.